The van der Waals surface area contributed by atoms with Crippen LogP contribution in [0.2, 0.25) is 0 Å². The maximum absolute atomic E-state index is 10.9. The topological polar surface area (TPSA) is 55.2 Å². The van der Waals surface area contributed by atoms with Crippen molar-refractivity contribution < 1.29 is 4.92 Å². The van der Waals surface area contributed by atoms with Crippen LogP contribution >= 0.6 is 0 Å². The molecule has 0 fully saturated rings. The fourth-order valence-electron chi connectivity index (χ4n) is 2.27. The molecular formula is C17H20N2O2. The molecule has 0 heterocycles. The van der Waals surface area contributed by atoms with Crippen molar-refractivity contribution in [2.24, 2.45) is 0 Å². The molecule has 110 valence electrons. The summed E-state index contributed by atoms with van der Waals surface area (Å²) in [5, 5.41) is 14.3. The van der Waals surface area contributed by atoms with Crippen LogP contribution in [0.25, 0.3) is 11.1 Å². The monoisotopic (exact) mass is 284 g/mol. The Balaban J connectivity index is 2.28. The first-order valence-corrected chi connectivity index (χ1v) is 7.20. The number of nitro groups is 1. The lowest BCUT2D eigenvalue weighted by atomic mass is 10.00. The molecular weight excluding hydrogens is 264 g/mol. The molecule has 21 heavy (non-hydrogen) atoms. The Kier molecular flexibility index (Phi) is 5.06. The highest BCUT2D eigenvalue weighted by Gasteiger charge is 2.09. The quantitative estimate of drug-likeness (QED) is 0.634. The lowest BCUT2D eigenvalue weighted by Gasteiger charge is -2.14. The molecule has 0 aliphatic rings. The minimum atomic E-state index is -0.362. The molecule has 0 bridgehead atoms. The van der Waals surface area contributed by atoms with Crippen molar-refractivity contribution in [1.82, 2.24) is 5.32 Å². The minimum Gasteiger partial charge on any atom is -0.310 e. The fraction of sp³-hybridized carbons (Fsp3) is 0.294. The standard InChI is InChI=1S/C17H20N2O2/c1-3-10-18-13(2)14-6-4-7-15(11-14)16-8-5-9-17(12-16)19(20)21/h4-9,11-13,18H,3,10H2,1-2H3. The van der Waals surface area contributed by atoms with Gasteiger partial charge in [0.1, 0.15) is 0 Å². The van der Waals surface area contributed by atoms with E-state index in [-0.39, 0.29) is 16.7 Å². The largest absolute Gasteiger partial charge is 0.310 e. The maximum Gasteiger partial charge on any atom is 0.270 e. The number of rotatable bonds is 6. The fourth-order valence-corrected chi connectivity index (χ4v) is 2.27. The van der Waals surface area contributed by atoms with E-state index in [4.69, 9.17) is 0 Å². The highest BCUT2D eigenvalue weighted by Crippen LogP contribution is 2.26. The number of nitrogens with zero attached hydrogens (tertiary/aromatic N) is 1. The van der Waals surface area contributed by atoms with Crippen molar-refractivity contribution in [3.63, 3.8) is 0 Å². The molecule has 0 saturated heterocycles. The summed E-state index contributed by atoms with van der Waals surface area (Å²) < 4.78 is 0. The Morgan fingerprint density at radius 3 is 2.48 bits per heavy atom. The molecule has 1 atom stereocenters. The van der Waals surface area contributed by atoms with E-state index in [9.17, 15) is 10.1 Å². The van der Waals surface area contributed by atoms with Crippen LogP contribution in [-0.2, 0) is 0 Å². The molecule has 0 amide bonds. The van der Waals surface area contributed by atoms with Crippen molar-refractivity contribution in [2.75, 3.05) is 6.54 Å². The Hall–Kier alpha value is -2.20. The van der Waals surface area contributed by atoms with Crippen LogP contribution in [-0.4, -0.2) is 11.5 Å². The van der Waals surface area contributed by atoms with Gasteiger partial charge in [0.05, 0.1) is 4.92 Å². The maximum atomic E-state index is 10.9. The summed E-state index contributed by atoms with van der Waals surface area (Å²) in [5.74, 6) is 0. The summed E-state index contributed by atoms with van der Waals surface area (Å²) in [5.41, 5.74) is 3.18. The van der Waals surface area contributed by atoms with Gasteiger partial charge in [0.15, 0.2) is 0 Å². The van der Waals surface area contributed by atoms with Crippen LogP contribution in [0.3, 0.4) is 0 Å². The van der Waals surface area contributed by atoms with E-state index < -0.39 is 0 Å². The van der Waals surface area contributed by atoms with Crippen molar-refractivity contribution in [2.45, 2.75) is 26.3 Å². The van der Waals surface area contributed by atoms with Crippen LogP contribution < -0.4 is 5.32 Å². The van der Waals surface area contributed by atoms with E-state index in [1.54, 1.807) is 12.1 Å². The minimum absolute atomic E-state index is 0.120. The van der Waals surface area contributed by atoms with Gasteiger partial charge in [-0.1, -0.05) is 37.3 Å². The molecule has 0 aliphatic heterocycles. The van der Waals surface area contributed by atoms with E-state index in [1.807, 2.05) is 18.2 Å². The molecule has 2 aromatic rings. The van der Waals surface area contributed by atoms with Crippen LogP contribution in [0.1, 0.15) is 31.9 Å². The number of nitrogens with one attached hydrogen (secondary N) is 1. The lowest BCUT2D eigenvalue weighted by molar-refractivity contribution is -0.384. The molecule has 4 nitrogen and oxygen atoms in total. The predicted molar refractivity (Wildman–Crippen MR) is 85.2 cm³/mol. The second-order valence-electron chi connectivity index (χ2n) is 5.11. The third kappa shape index (κ3) is 3.89. The van der Waals surface area contributed by atoms with Gasteiger partial charge in [-0.05, 0) is 42.6 Å². The zero-order chi connectivity index (χ0) is 15.2. The van der Waals surface area contributed by atoms with E-state index in [0.717, 1.165) is 24.1 Å². The van der Waals surface area contributed by atoms with Crippen LogP contribution in [0.15, 0.2) is 48.5 Å². The summed E-state index contributed by atoms with van der Waals surface area (Å²) in [7, 11) is 0. The Labute approximate surface area is 125 Å². The van der Waals surface area contributed by atoms with E-state index in [0.29, 0.717) is 0 Å². The highest BCUT2D eigenvalue weighted by atomic mass is 16.6. The van der Waals surface area contributed by atoms with Gasteiger partial charge in [0.25, 0.3) is 5.69 Å². The van der Waals surface area contributed by atoms with Gasteiger partial charge >= 0.3 is 0 Å². The first kappa shape index (κ1) is 15.2. The number of non-ortho nitro benzene ring substituents is 1. The van der Waals surface area contributed by atoms with Crippen LogP contribution in [0.4, 0.5) is 5.69 Å². The molecule has 0 saturated carbocycles. The number of benzene rings is 2. The zero-order valence-corrected chi connectivity index (χ0v) is 12.4. The first-order valence-electron chi connectivity index (χ1n) is 7.20. The van der Waals surface area contributed by atoms with Gasteiger partial charge in [-0.3, -0.25) is 10.1 Å². The Bertz CT molecular complexity index is 626. The van der Waals surface area contributed by atoms with Crippen LogP contribution in [0.5, 0.6) is 0 Å². The Morgan fingerprint density at radius 1 is 1.14 bits per heavy atom. The van der Waals surface area contributed by atoms with E-state index >= 15 is 0 Å². The third-order valence-electron chi connectivity index (χ3n) is 3.48. The third-order valence-corrected chi connectivity index (χ3v) is 3.48. The smallest absolute Gasteiger partial charge is 0.270 e. The van der Waals surface area contributed by atoms with E-state index in [1.165, 1.54) is 11.6 Å². The second-order valence-corrected chi connectivity index (χ2v) is 5.11. The molecule has 0 spiro atoms. The summed E-state index contributed by atoms with van der Waals surface area (Å²) >= 11 is 0. The molecule has 1 unspecified atom stereocenters. The van der Waals surface area contributed by atoms with Gasteiger partial charge in [-0.2, -0.15) is 0 Å². The normalized spacial score (nSPS) is 12.1. The van der Waals surface area contributed by atoms with Crippen molar-refractivity contribution in [1.29, 1.82) is 0 Å². The SMILES string of the molecule is CCCNC(C)c1cccc(-c2cccc([N+](=O)[O-])c2)c1. The molecule has 0 radical (unpaired) electrons. The summed E-state index contributed by atoms with van der Waals surface area (Å²) in [4.78, 5) is 10.5. The molecule has 0 aliphatic carbocycles. The summed E-state index contributed by atoms with van der Waals surface area (Å²) in [6.07, 6.45) is 1.09. The molecule has 0 aromatic heterocycles. The second kappa shape index (κ2) is 6.99. The zero-order valence-electron chi connectivity index (χ0n) is 12.4. The number of nitro benzene ring substituents is 1. The summed E-state index contributed by atoms with van der Waals surface area (Å²) in [6, 6.07) is 15.2. The van der Waals surface area contributed by atoms with Crippen molar-refractivity contribution >= 4 is 5.69 Å². The number of hydrogen-bond acceptors (Lipinski definition) is 3. The van der Waals surface area contributed by atoms with E-state index in [2.05, 4.69) is 31.3 Å². The molecule has 2 aromatic carbocycles. The van der Waals surface area contributed by atoms with Gasteiger partial charge in [0.2, 0.25) is 0 Å². The molecule has 2 rings (SSSR count). The van der Waals surface area contributed by atoms with Gasteiger partial charge < -0.3 is 5.32 Å². The predicted octanol–water partition coefficient (Wildman–Crippen LogP) is 4.32. The Morgan fingerprint density at radius 2 is 1.81 bits per heavy atom. The first-order chi connectivity index (χ1) is 10.1. The summed E-state index contributed by atoms with van der Waals surface area (Å²) in [6.45, 7) is 5.24. The molecule has 4 heteroatoms. The molecule has 1 N–H and O–H groups in total. The average Bonchev–Trinajstić information content (AvgIpc) is 2.52. The lowest BCUT2D eigenvalue weighted by Crippen LogP contribution is -2.19. The van der Waals surface area contributed by atoms with Gasteiger partial charge in [-0.15, -0.1) is 0 Å². The highest BCUT2D eigenvalue weighted by molar-refractivity contribution is 5.66. The van der Waals surface area contributed by atoms with Crippen molar-refractivity contribution in [3.05, 3.63) is 64.2 Å². The average molecular weight is 284 g/mol. The van der Waals surface area contributed by atoms with Crippen LogP contribution in [0, 0.1) is 10.1 Å². The number of hydrogen-bond donors (Lipinski definition) is 1. The van der Waals surface area contributed by atoms with Crippen molar-refractivity contribution in [3.8, 4) is 11.1 Å². The van der Waals surface area contributed by atoms with Gasteiger partial charge in [0, 0.05) is 18.2 Å². The van der Waals surface area contributed by atoms with Gasteiger partial charge in [-0.25, -0.2) is 0 Å².